The van der Waals surface area contributed by atoms with Crippen molar-refractivity contribution in [2.75, 3.05) is 12.3 Å². The fourth-order valence-electron chi connectivity index (χ4n) is 1.21. The number of nitrogen functional groups attached to an aromatic ring is 1. The van der Waals surface area contributed by atoms with Gasteiger partial charge in [-0.3, -0.25) is 4.79 Å². The first-order valence-electron chi connectivity index (χ1n) is 5.02. The van der Waals surface area contributed by atoms with Gasteiger partial charge in [0, 0.05) is 12.2 Å². The lowest BCUT2D eigenvalue weighted by Gasteiger charge is -2.07. The molecule has 0 saturated carbocycles. The Labute approximate surface area is 89.1 Å². The van der Waals surface area contributed by atoms with Gasteiger partial charge in [0.25, 0.3) is 5.91 Å². The van der Waals surface area contributed by atoms with Crippen LogP contribution < -0.4 is 11.1 Å². The summed E-state index contributed by atoms with van der Waals surface area (Å²) in [7, 11) is 0. The predicted molar refractivity (Wildman–Crippen MR) is 59.8 cm³/mol. The Morgan fingerprint density at radius 3 is 2.93 bits per heavy atom. The molecule has 0 aliphatic rings. The monoisotopic (exact) mass is 208 g/mol. The molecule has 0 aromatic heterocycles. The summed E-state index contributed by atoms with van der Waals surface area (Å²) in [6.07, 6.45) is 1.96. The Morgan fingerprint density at radius 2 is 2.27 bits per heavy atom. The number of carbonyl (C=O) groups is 1. The van der Waals surface area contributed by atoms with Crippen LogP contribution in [0.4, 0.5) is 5.69 Å². The molecule has 0 aliphatic carbocycles. The van der Waals surface area contributed by atoms with Gasteiger partial charge in [-0.2, -0.15) is 0 Å². The molecular formula is C11H16N2O2. The van der Waals surface area contributed by atoms with Crippen molar-refractivity contribution >= 4 is 11.6 Å². The molecule has 4 N–H and O–H groups in total. The number of hydrogen-bond donors (Lipinski definition) is 3. The standard InChI is InChI=1S/C11H16N2O2/c1-2-3-6-13-11(15)9-7-8(14)4-5-10(9)12/h4-5,7,14H,2-3,6,12H2,1H3,(H,13,15). The quantitative estimate of drug-likeness (QED) is 0.399. The fourth-order valence-corrected chi connectivity index (χ4v) is 1.21. The van der Waals surface area contributed by atoms with Crippen molar-refractivity contribution in [1.29, 1.82) is 0 Å². The van der Waals surface area contributed by atoms with E-state index in [1.807, 2.05) is 0 Å². The highest BCUT2D eigenvalue weighted by molar-refractivity contribution is 5.99. The number of aromatic hydroxyl groups is 1. The number of anilines is 1. The number of phenolic OH excluding ortho intramolecular Hbond substituents is 1. The molecule has 0 unspecified atom stereocenters. The van der Waals surface area contributed by atoms with Crippen molar-refractivity contribution < 1.29 is 9.90 Å². The van der Waals surface area contributed by atoms with Crippen molar-refractivity contribution in [1.82, 2.24) is 5.32 Å². The first kappa shape index (κ1) is 11.4. The zero-order valence-electron chi connectivity index (χ0n) is 8.79. The second-order valence-corrected chi connectivity index (χ2v) is 3.38. The second kappa shape index (κ2) is 5.24. The third kappa shape index (κ3) is 3.16. The van der Waals surface area contributed by atoms with Crippen LogP contribution in [0, 0.1) is 0 Å². The zero-order chi connectivity index (χ0) is 11.3. The van der Waals surface area contributed by atoms with Crippen LogP contribution in [0.15, 0.2) is 18.2 Å². The van der Waals surface area contributed by atoms with Crippen LogP contribution in [0.2, 0.25) is 0 Å². The Bertz CT molecular complexity index is 350. The number of benzene rings is 1. The highest BCUT2D eigenvalue weighted by atomic mass is 16.3. The molecule has 1 aromatic rings. The highest BCUT2D eigenvalue weighted by Gasteiger charge is 2.09. The first-order chi connectivity index (χ1) is 7.15. The number of hydrogen-bond acceptors (Lipinski definition) is 3. The van der Waals surface area contributed by atoms with Crippen molar-refractivity contribution in [3.05, 3.63) is 23.8 Å². The zero-order valence-corrected chi connectivity index (χ0v) is 8.79. The lowest BCUT2D eigenvalue weighted by Crippen LogP contribution is -2.25. The van der Waals surface area contributed by atoms with Crippen LogP contribution in [0.5, 0.6) is 5.75 Å². The maximum atomic E-state index is 11.6. The van der Waals surface area contributed by atoms with Crippen molar-refractivity contribution in [3.8, 4) is 5.75 Å². The number of phenols is 1. The normalized spacial score (nSPS) is 9.93. The smallest absolute Gasteiger partial charge is 0.253 e. The highest BCUT2D eigenvalue weighted by Crippen LogP contribution is 2.18. The van der Waals surface area contributed by atoms with E-state index in [1.165, 1.54) is 18.2 Å². The fraction of sp³-hybridized carbons (Fsp3) is 0.364. The van der Waals surface area contributed by atoms with Crippen LogP contribution in [-0.2, 0) is 0 Å². The van der Waals surface area contributed by atoms with Gasteiger partial charge in [0.15, 0.2) is 0 Å². The Balaban J connectivity index is 2.68. The van der Waals surface area contributed by atoms with E-state index in [4.69, 9.17) is 5.73 Å². The molecule has 82 valence electrons. The number of carbonyl (C=O) groups excluding carboxylic acids is 1. The van der Waals surface area contributed by atoms with E-state index in [2.05, 4.69) is 12.2 Å². The molecule has 4 heteroatoms. The number of nitrogens with two attached hydrogens (primary N) is 1. The summed E-state index contributed by atoms with van der Waals surface area (Å²) in [5.74, 6) is -0.193. The van der Waals surface area contributed by atoms with Gasteiger partial charge in [-0.1, -0.05) is 13.3 Å². The molecule has 15 heavy (non-hydrogen) atoms. The summed E-state index contributed by atoms with van der Waals surface area (Å²) in [4.78, 5) is 11.6. The number of nitrogens with one attached hydrogen (secondary N) is 1. The minimum Gasteiger partial charge on any atom is -0.508 e. The van der Waals surface area contributed by atoms with Crippen LogP contribution in [0.25, 0.3) is 0 Å². The van der Waals surface area contributed by atoms with Gasteiger partial charge in [0.1, 0.15) is 5.75 Å². The largest absolute Gasteiger partial charge is 0.508 e. The van der Waals surface area contributed by atoms with Gasteiger partial charge < -0.3 is 16.2 Å². The summed E-state index contributed by atoms with van der Waals surface area (Å²) in [5.41, 5.74) is 6.32. The van der Waals surface area contributed by atoms with E-state index in [0.717, 1.165) is 12.8 Å². The number of amides is 1. The van der Waals surface area contributed by atoms with Gasteiger partial charge in [-0.25, -0.2) is 0 Å². The predicted octanol–water partition coefficient (Wildman–Crippen LogP) is 1.50. The van der Waals surface area contributed by atoms with Gasteiger partial charge in [0.2, 0.25) is 0 Å². The molecule has 1 rings (SSSR count). The van der Waals surface area contributed by atoms with Crippen molar-refractivity contribution in [2.24, 2.45) is 0 Å². The average molecular weight is 208 g/mol. The molecule has 0 bridgehead atoms. The molecule has 0 atom stereocenters. The van der Waals surface area contributed by atoms with E-state index in [9.17, 15) is 9.90 Å². The molecule has 0 aliphatic heterocycles. The SMILES string of the molecule is CCCCNC(=O)c1cc(O)ccc1N. The summed E-state index contributed by atoms with van der Waals surface area (Å²) < 4.78 is 0. The van der Waals surface area contributed by atoms with Gasteiger partial charge >= 0.3 is 0 Å². The van der Waals surface area contributed by atoms with Crippen LogP contribution in [0.1, 0.15) is 30.1 Å². The van der Waals surface area contributed by atoms with Gasteiger partial charge in [0.05, 0.1) is 5.56 Å². The Kier molecular flexibility index (Phi) is 3.97. The van der Waals surface area contributed by atoms with Gasteiger partial charge in [-0.05, 0) is 24.6 Å². The average Bonchev–Trinajstić information content (AvgIpc) is 2.22. The van der Waals surface area contributed by atoms with E-state index >= 15 is 0 Å². The summed E-state index contributed by atoms with van der Waals surface area (Å²) >= 11 is 0. The maximum Gasteiger partial charge on any atom is 0.253 e. The van der Waals surface area contributed by atoms with Crippen molar-refractivity contribution in [3.63, 3.8) is 0 Å². The van der Waals surface area contributed by atoms with E-state index in [1.54, 1.807) is 0 Å². The Morgan fingerprint density at radius 1 is 1.53 bits per heavy atom. The molecule has 4 nitrogen and oxygen atoms in total. The van der Waals surface area contributed by atoms with Crippen LogP contribution in [-0.4, -0.2) is 17.6 Å². The van der Waals surface area contributed by atoms with Crippen molar-refractivity contribution in [2.45, 2.75) is 19.8 Å². The minimum absolute atomic E-state index is 0.0461. The summed E-state index contributed by atoms with van der Waals surface area (Å²) in [6, 6.07) is 4.35. The topological polar surface area (TPSA) is 75.3 Å². The molecule has 0 saturated heterocycles. The van der Waals surface area contributed by atoms with Crippen LogP contribution in [0.3, 0.4) is 0 Å². The Hall–Kier alpha value is -1.71. The molecule has 1 aromatic carbocycles. The minimum atomic E-state index is -0.239. The third-order valence-corrected chi connectivity index (χ3v) is 2.10. The van der Waals surface area contributed by atoms with E-state index in [0.29, 0.717) is 17.8 Å². The first-order valence-corrected chi connectivity index (χ1v) is 5.02. The molecule has 0 radical (unpaired) electrons. The van der Waals surface area contributed by atoms with Gasteiger partial charge in [-0.15, -0.1) is 0 Å². The molecule has 0 heterocycles. The molecule has 0 spiro atoms. The maximum absolute atomic E-state index is 11.6. The summed E-state index contributed by atoms with van der Waals surface area (Å²) in [6.45, 7) is 2.68. The molecule has 1 amide bonds. The number of unbranched alkanes of at least 4 members (excludes halogenated alkanes) is 1. The van der Waals surface area contributed by atoms with Crippen LogP contribution >= 0.6 is 0 Å². The molecule has 0 fully saturated rings. The lowest BCUT2D eigenvalue weighted by atomic mass is 10.1. The van der Waals surface area contributed by atoms with E-state index < -0.39 is 0 Å². The summed E-state index contributed by atoms with van der Waals surface area (Å²) in [5, 5.41) is 12.0. The lowest BCUT2D eigenvalue weighted by molar-refractivity contribution is 0.0953. The molecular weight excluding hydrogens is 192 g/mol. The number of rotatable bonds is 4. The third-order valence-electron chi connectivity index (χ3n) is 2.10. The second-order valence-electron chi connectivity index (χ2n) is 3.38. The van der Waals surface area contributed by atoms with E-state index in [-0.39, 0.29) is 11.7 Å².